The number of carboxylic acid groups (broad SMARTS) is 1. The lowest BCUT2D eigenvalue weighted by Gasteiger charge is -2.08. The van der Waals surface area contributed by atoms with Crippen molar-refractivity contribution in [2.45, 2.75) is 58.4 Å². The minimum absolute atomic E-state index is 0.533. The molecule has 0 saturated heterocycles. The standard InChI is InChI=1S/C6H11NO2.C5H12/c1-2-7-6(3-4-6)5(8)9;1-3-5-4-2/h7H,2-4H2,1H3,(H,8,9);3-5H2,1-2H3. The largest absolute Gasteiger partial charge is 0.480 e. The summed E-state index contributed by atoms with van der Waals surface area (Å²) < 4.78 is 0. The maximum Gasteiger partial charge on any atom is 0.323 e. The number of hydrogen-bond acceptors (Lipinski definition) is 2. The molecule has 0 unspecified atom stereocenters. The van der Waals surface area contributed by atoms with Gasteiger partial charge in [-0.2, -0.15) is 0 Å². The van der Waals surface area contributed by atoms with E-state index in [1.807, 2.05) is 6.92 Å². The molecule has 1 fully saturated rings. The predicted molar refractivity (Wildman–Crippen MR) is 58.5 cm³/mol. The van der Waals surface area contributed by atoms with Gasteiger partial charge in [-0.25, -0.2) is 0 Å². The molecule has 1 saturated carbocycles. The van der Waals surface area contributed by atoms with Crippen molar-refractivity contribution in [3.63, 3.8) is 0 Å². The van der Waals surface area contributed by atoms with Crippen LogP contribution in [0.1, 0.15) is 52.9 Å². The van der Waals surface area contributed by atoms with Crippen LogP contribution in [0.4, 0.5) is 0 Å². The molecular formula is C11H23NO2. The van der Waals surface area contributed by atoms with E-state index in [4.69, 9.17) is 5.11 Å². The monoisotopic (exact) mass is 201 g/mol. The third kappa shape index (κ3) is 4.61. The second-order valence-electron chi connectivity index (χ2n) is 3.77. The number of carboxylic acids is 1. The molecule has 84 valence electrons. The molecule has 0 bridgehead atoms. The minimum Gasteiger partial charge on any atom is -0.480 e. The molecule has 0 aromatic rings. The third-order valence-corrected chi connectivity index (χ3v) is 2.38. The summed E-state index contributed by atoms with van der Waals surface area (Å²) in [7, 11) is 0. The van der Waals surface area contributed by atoms with Crippen molar-refractivity contribution in [3.8, 4) is 0 Å². The van der Waals surface area contributed by atoms with Crippen LogP contribution in [0.3, 0.4) is 0 Å². The second kappa shape index (κ2) is 6.82. The fourth-order valence-corrected chi connectivity index (χ4v) is 1.28. The molecule has 1 aliphatic rings. The maximum absolute atomic E-state index is 10.4. The van der Waals surface area contributed by atoms with Crippen molar-refractivity contribution < 1.29 is 9.90 Å². The number of hydrogen-bond donors (Lipinski definition) is 2. The summed E-state index contributed by atoms with van der Waals surface area (Å²) in [5.74, 6) is -0.704. The molecule has 0 spiro atoms. The Morgan fingerprint density at radius 3 is 1.86 bits per heavy atom. The van der Waals surface area contributed by atoms with Crippen LogP contribution < -0.4 is 5.32 Å². The number of likely N-dealkylation sites (N-methyl/N-ethyl adjacent to an activating group) is 1. The van der Waals surface area contributed by atoms with Gasteiger partial charge in [-0.05, 0) is 19.4 Å². The van der Waals surface area contributed by atoms with Crippen LogP contribution in [0.5, 0.6) is 0 Å². The highest BCUT2D eigenvalue weighted by Gasteiger charge is 2.49. The van der Waals surface area contributed by atoms with Gasteiger partial charge in [0.1, 0.15) is 5.54 Å². The molecular weight excluding hydrogens is 178 g/mol. The Bertz CT molecular complexity index is 163. The summed E-state index contributed by atoms with van der Waals surface area (Å²) in [6.07, 6.45) is 5.65. The Labute approximate surface area is 86.9 Å². The van der Waals surface area contributed by atoms with E-state index in [-0.39, 0.29) is 0 Å². The van der Waals surface area contributed by atoms with Crippen LogP contribution >= 0.6 is 0 Å². The van der Waals surface area contributed by atoms with Gasteiger partial charge in [0.05, 0.1) is 0 Å². The van der Waals surface area contributed by atoms with Crippen LogP contribution in [0, 0.1) is 0 Å². The van der Waals surface area contributed by atoms with Gasteiger partial charge < -0.3 is 10.4 Å². The number of nitrogens with one attached hydrogen (secondary N) is 1. The van der Waals surface area contributed by atoms with E-state index in [2.05, 4.69) is 19.2 Å². The molecule has 0 radical (unpaired) electrons. The summed E-state index contributed by atoms with van der Waals surface area (Å²) in [5, 5.41) is 11.5. The van der Waals surface area contributed by atoms with E-state index in [1.54, 1.807) is 0 Å². The molecule has 3 heteroatoms. The van der Waals surface area contributed by atoms with Gasteiger partial charge in [0.25, 0.3) is 0 Å². The number of unbranched alkanes of at least 4 members (excludes halogenated alkanes) is 2. The fourth-order valence-electron chi connectivity index (χ4n) is 1.28. The Balaban J connectivity index is 0.000000292. The summed E-state index contributed by atoms with van der Waals surface area (Å²) in [6, 6.07) is 0. The molecule has 0 aromatic carbocycles. The Morgan fingerprint density at radius 2 is 1.79 bits per heavy atom. The van der Waals surface area contributed by atoms with Gasteiger partial charge in [-0.1, -0.05) is 40.0 Å². The van der Waals surface area contributed by atoms with Gasteiger partial charge >= 0.3 is 5.97 Å². The molecule has 0 atom stereocenters. The summed E-state index contributed by atoms with van der Waals surface area (Å²) in [5.41, 5.74) is -0.533. The van der Waals surface area contributed by atoms with Gasteiger partial charge in [0.2, 0.25) is 0 Å². The second-order valence-corrected chi connectivity index (χ2v) is 3.77. The van der Waals surface area contributed by atoms with Gasteiger partial charge in [-0.15, -0.1) is 0 Å². The Hall–Kier alpha value is -0.570. The first kappa shape index (κ1) is 13.4. The number of aliphatic carboxylic acids is 1. The van der Waals surface area contributed by atoms with Crippen molar-refractivity contribution in [1.29, 1.82) is 0 Å². The van der Waals surface area contributed by atoms with Crippen LogP contribution in [0.15, 0.2) is 0 Å². The van der Waals surface area contributed by atoms with Crippen LogP contribution in [-0.4, -0.2) is 23.2 Å². The van der Waals surface area contributed by atoms with E-state index in [9.17, 15) is 4.79 Å². The lowest BCUT2D eigenvalue weighted by molar-refractivity contribution is -0.140. The normalized spacial score (nSPS) is 16.8. The fraction of sp³-hybridized carbons (Fsp3) is 0.909. The zero-order valence-corrected chi connectivity index (χ0v) is 9.60. The summed E-state index contributed by atoms with van der Waals surface area (Å²) in [4.78, 5) is 10.4. The van der Waals surface area contributed by atoms with Crippen molar-refractivity contribution in [2.75, 3.05) is 6.54 Å². The highest BCUT2D eigenvalue weighted by Crippen LogP contribution is 2.35. The van der Waals surface area contributed by atoms with E-state index in [0.29, 0.717) is 0 Å². The zero-order chi connectivity index (χ0) is 11.0. The van der Waals surface area contributed by atoms with E-state index < -0.39 is 11.5 Å². The van der Waals surface area contributed by atoms with E-state index >= 15 is 0 Å². The van der Waals surface area contributed by atoms with Crippen molar-refractivity contribution in [2.24, 2.45) is 0 Å². The SMILES string of the molecule is CCCCC.CCNC1(C(=O)O)CC1. The first-order chi connectivity index (χ1) is 6.63. The van der Waals surface area contributed by atoms with Crippen molar-refractivity contribution in [1.82, 2.24) is 5.32 Å². The van der Waals surface area contributed by atoms with Crippen molar-refractivity contribution in [3.05, 3.63) is 0 Å². The molecule has 0 aliphatic heterocycles. The minimum atomic E-state index is -0.704. The van der Waals surface area contributed by atoms with Gasteiger partial charge in [0.15, 0.2) is 0 Å². The Morgan fingerprint density at radius 1 is 1.29 bits per heavy atom. The van der Waals surface area contributed by atoms with E-state index in [1.165, 1.54) is 19.3 Å². The summed E-state index contributed by atoms with van der Waals surface area (Å²) in [6.45, 7) is 7.09. The molecule has 14 heavy (non-hydrogen) atoms. The van der Waals surface area contributed by atoms with Crippen molar-refractivity contribution >= 4 is 5.97 Å². The van der Waals surface area contributed by atoms with Crippen LogP contribution in [0.25, 0.3) is 0 Å². The highest BCUT2D eigenvalue weighted by atomic mass is 16.4. The molecule has 1 rings (SSSR count). The van der Waals surface area contributed by atoms with E-state index in [0.717, 1.165) is 19.4 Å². The smallest absolute Gasteiger partial charge is 0.323 e. The third-order valence-electron chi connectivity index (χ3n) is 2.38. The molecule has 0 aromatic heterocycles. The first-order valence-corrected chi connectivity index (χ1v) is 5.61. The summed E-state index contributed by atoms with van der Waals surface area (Å²) >= 11 is 0. The lowest BCUT2D eigenvalue weighted by Crippen LogP contribution is -2.38. The number of rotatable bonds is 5. The maximum atomic E-state index is 10.4. The molecule has 0 heterocycles. The van der Waals surface area contributed by atoms with Crippen LogP contribution in [-0.2, 0) is 4.79 Å². The average Bonchev–Trinajstić information content (AvgIpc) is 2.89. The molecule has 3 nitrogen and oxygen atoms in total. The van der Waals surface area contributed by atoms with Gasteiger partial charge in [0, 0.05) is 0 Å². The molecule has 0 amide bonds. The molecule has 1 aliphatic carbocycles. The van der Waals surface area contributed by atoms with Crippen LogP contribution in [0.2, 0.25) is 0 Å². The zero-order valence-electron chi connectivity index (χ0n) is 9.60. The predicted octanol–water partition coefficient (Wildman–Crippen LogP) is 2.41. The van der Waals surface area contributed by atoms with Gasteiger partial charge in [-0.3, -0.25) is 4.79 Å². The topological polar surface area (TPSA) is 49.3 Å². The highest BCUT2D eigenvalue weighted by molar-refractivity contribution is 5.82. The first-order valence-electron chi connectivity index (χ1n) is 5.61. The average molecular weight is 201 g/mol. The lowest BCUT2D eigenvalue weighted by atomic mass is 10.3. The number of carbonyl (C=O) groups is 1. The molecule has 2 N–H and O–H groups in total. The Kier molecular flexibility index (Phi) is 6.54. The quantitative estimate of drug-likeness (QED) is 0.718.